The van der Waals surface area contributed by atoms with Crippen molar-refractivity contribution >= 4 is 45.8 Å². The standard InChI is InChI=1S/C16H12INOS/c1-18-13-4-2-3-5-15(13)20-16(18)10-14(19)11-6-8-12(17)9-7-11/h2-10H,1H3. The Hall–Kier alpha value is -1.27. The van der Waals surface area contributed by atoms with E-state index < -0.39 is 0 Å². The Balaban J connectivity index is 1.87. The summed E-state index contributed by atoms with van der Waals surface area (Å²) in [4.78, 5) is 15.5. The van der Waals surface area contributed by atoms with Crippen LogP contribution in [0.1, 0.15) is 10.4 Å². The quantitative estimate of drug-likeness (QED) is 0.424. The highest BCUT2D eigenvalue weighted by atomic mass is 127. The molecule has 0 aliphatic carbocycles. The molecule has 2 nitrogen and oxygen atoms in total. The van der Waals surface area contributed by atoms with Crippen molar-refractivity contribution in [1.82, 2.24) is 0 Å². The minimum absolute atomic E-state index is 0.0450. The molecule has 0 unspecified atom stereocenters. The van der Waals surface area contributed by atoms with Gasteiger partial charge in [-0.15, -0.1) is 0 Å². The number of anilines is 1. The van der Waals surface area contributed by atoms with Crippen LogP contribution in [0.4, 0.5) is 5.69 Å². The Morgan fingerprint density at radius 2 is 1.85 bits per heavy atom. The van der Waals surface area contributed by atoms with Crippen molar-refractivity contribution in [3.63, 3.8) is 0 Å². The third-order valence-corrected chi connectivity index (χ3v) is 5.04. The fourth-order valence-corrected chi connectivity index (χ4v) is 3.50. The van der Waals surface area contributed by atoms with E-state index in [-0.39, 0.29) is 5.78 Å². The molecule has 2 aromatic rings. The summed E-state index contributed by atoms with van der Waals surface area (Å²) < 4.78 is 1.13. The predicted octanol–water partition coefficient (Wildman–Crippen LogP) is 4.56. The first-order valence-corrected chi connectivity index (χ1v) is 8.07. The molecule has 4 heteroatoms. The molecular weight excluding hydrogens is 381 g/mol. The second-order valence-corrected chi connectivity index (χ2v) is 6.79. The molecule has 1 aliphatic heterocycles. The third-order valence-electron chi connectivity index (χ3n) is 3.16. The van der Waals surface area contributed by atoms with Crippen molar-refractivity contribution in [3.05, 3.63) is 68.8 Å². The molecule has 2 aromatic carbocycles. The maximum Gasteiger partial charge on any atom is 0.188 e. The van der Waals surface area contributed by atoms with Crippen LogP contribution >= 0.6 is 34.4 Å². The fourth-order valence-electron chi connectivity index (χ4n) is 2.06. The summed E-state index contributed by atoms with van der Waals surface area (Å²) in [7, 11) is 1.99. The lowest BCUT2D eigenvalue weighted by Gasteiger charge is -2.12. The number of hydrogen-bond acceptors (Lipinski definition) is 3. The van der Waals surface area contributed by atoms with Crippen molar-refractivity contribution < 1.29 is 4.79 Å². The maximum absolute atomic E-state index is 12.3. The van der Waals surface area contributed by atoms with Crippen molar-refractivity contribution in [3.8, 4) is 0 Å². The first-order chi connectivity index (χ1) is 9.65. The van der Waals surface area contributed by atoms with Crippen LogP contribution in [0.2, 0.25) is 0 Å². The van der Waals surface area contributed by atoms with Gasteiger partial charge in [0.1, 0.15) is 0 Å². The second kappa shape index (κ2) is 5.61. The number of nitrogens with zero attached hydrogens (tertiary/aromatic N) is 1. The van der Waals surface area contributed by atoms with E-state index in [1.807, 2.05) is 43.4 Å². The van der Waals surface area contributed by atoms with Crippen LogP contribution in [0.5, 0.6) is 0 Å². The number of fused-ring (bicyclic) bond motifs is 1. The maximum atomic E-state index is 12.3. The number of carbonyl (C=O) groups is 1. The molecule has 0 fully saturated rings. The molecule has 0 aromatic heterocycles. The first-order valence-electron chi connectivity index (χ1n) is 6.17. The minimum Gasteiger partial charge on any atom is -0.338 e. The molecule has 0 radical (unpaired) electrons. The van der Waals surface area contributed by atoms with Crippen molar-refractivity contribution in [2.45, 2.75) is 4.90 Å². The summed E-state index contributed by atoms with van der Waals surface area (Å²) in [5.41, 5.74) is 1.88. The van der Waals surface area contributed by atoms with Gasteiger partial charge in [-0.2, -0.15) is 0 Å². The molecule has 20 heavy (non-hydrogen) atoms. The molecule has 0 amide bonds. The molecular formula is C16H12INOS. The van der Waals surface area contributed by atoms with Crippen LogP contribution in [0.15, 0.2) is 64.5 Å². The van der Waals surface area contributed by atoms with E-state index in [1.165, 1.54) is 4.90 Å². The van der Waals surface area contributed by atoms with Gasteiger partial charge in [0.15, 0.2) is 5.78 Å². The highest BCUT2D eigenvalue weighted by molar-refractivity contribution is 14.1. The zero-order valence-electron chi connectivity index (χ0n) is 10.8. The summed E-state index contributed by atoms with van der Waals surface area (Å²) >= 11 is 3.87. The zero-order valence-corrected chi connectivity index (χ0v) is 13.8. The van der Waals surface area contributed by atoms with E-state index in [4.69, 9.17) is 0 Å². The Kier molecular flexibility index (Phi) is 3.85. The Morgan fingerprint density at radius 1 is 1.15 bits per heavy atom. The van der Waals surface area contributed by atoms with Gasteiger partial charge in [0.2, 0.25) is 0 Å². The first kappa shape index (κ1) is 13.7. The van der Waals surface area contributed by atoms with E-state index in [0.29, 0.717) is 0 Å². The van der Waals surface area contributed by atoms with Crippen molar-refractivity contribution in [1.29, 1.82) is 0 Å². The van der Waals surface area contributed by atoms with Crippen molar-refractivity contribution in [2.75, 3.05) is 11.9 Å². The molecule has 100 valence electrons. The molecule has 0 N–H and O–H groups in total. The monoisotopic (exact) mass is 393 g/mol. The summed E-state index contributed by atoms with van der Waals surface area (Å²) in [6.07, 6.45) is 1.72. The second-order valence-electron chi connectivity index (χ2n) is 4.48. The van der Waals surface area contributed by atoms with E-state index in [1.54, 1.807) is 17.8 Å². The normalized spacial score (nSPS) is 15.5. The summed E-state index contributed by atoms with van der Waals surface area (Å²) in [6.45, 7) is 0. The Labute approximate surface area is 136 Å². The minimum atomic E-state index is 0.0450. The van der Waals surface area contributed by atoms with Gasteiger partial charge in [0, 0.05) is 27.2 Å². The number of carbonyl (C=O) groups excluding carboxylic acids is 1. The van der Waals surface area contributed by atoms with Gasteiger partial charge in [0.05, 0.1) is 10.7 Å². The van der Waals surface area contributed by atoms with E-state index in [2.05, 4.69) is 39.6 Å². The number of para-hydroxylation sites is 1. The largest absolute Gasteiger partial charge is 0.338 e. The highest BCUT2D eigenvalue weighted by Gasteiger charge is 2.22. The molecule has 0 bridgehead atoms. The van der Waals surface area contributed by atoms with Crippen LogP contribution in [0.25, 0.3) is 0 Å². The molecule has 0 saturated heterocycles. The number of rotatable bonds is 2. The van der Waals surface area contributed by atoms with Crippen molar-refractivity contribution in [2.24, 2.45) is 0 Å². The van der Waals surface area contributed by atoms with Gasteiger partial charge in [0.25, 0.3) is 0 Å². The smallest absolute Gasteiger partial charge is 0.188 e. The van der Waals surface area contributed by atoms with Crippen LogP contribution in [-0.2, 0) is 0 Å². The number of hydrogen-bond donors (Lipinski definition) is 0. The van der Waals surface area contributed by atoms with Crippen LogP contribution in [0.3, 0.4) is 0 Å². The molecule has 0 saturated carbocycles. The van der Waals surface area contributed by atoms with Gasteiger partial charge >= 0.3 is 0 Å². The van der Waals surface area contributed by atoms with Gasteiger partial charge < -0.3 is 4.90 Å². The molecule has 1 heterocycles. The lowest BCUT2D eigenvalue weighted by atomic mass is 10.1. The lowest BCUT2D eigenvalue weighted by molar-refractivity contribution is 0.104. The summed E-state index contributed by atoms with van der Waals surface area (Å²) in [6, 6.07) is 15.8. The third kappa shape index (κ3) is 2.62. The SMILES string of the molecule is CN1C(=CC(=O)c2ccc(I)cc2)Sc2ccccc21. The fraction of sp³-hybridized carbons (Fsp3) is 0.0625. The Morgan fingerprint density at radius 3 is 2.55 bits per heavy atom. The number of benzene rings is 2. The molecule has 1 aliphatic rings. The average Bonchev–Trinajstić information content (AvgIpc) is 2.77. The van der Waals surface area contributed by atoms with Gasteiger partial charge in [-0.25, -0.2) is 0 Å². The number of allylic oxidation sites excluding steroid dienone is 1. The van der Waals surface area contributed by atoms with E-state index in [9.17, 15) is 4.79 Å². The van der Waals surface area contributed by atoms with Gasteiger partial charge in [-0.3, -0.25) is 4.79 Å². The lowest BCUT2D eigenvalue weighted by Crippen LogP contribution is -2.11. The number of ketones is 1. The predicted molar refractivity (Wildman–Crippen MR) is 92.3 cm³/mol. The zero-order chi connectivity index (χ0) is 14.1. The average molecular weight is 393 g/mol. The highest BCUT2D eigenvalue weighted by Crippen LogP contribution is 2.44. The van der Waals surface area contributed by atoms with Gasteiger partial charge in [-0.1, -0.05) is 36.0 Å². The topological polar surface area (TPSA) is 20.3 Å². The van der Waals surface area contributed by atoms with Gasteiger partial charge in [-0.05, 0) is 46.9 Å². The molecule has 0 atom stereocenters. The molecule has 3 rings (SSSR count). The number of halogens is 1. The van der Waals surface area contributed by atoms with E-state index in [0.717, 1.165) is 19.9 Å². The van der Waals surface area contributed by atoms with Crippen LogP contribution in [0, 0.1) is 3.57 Å². The van der Waals surface area contributed by atoms with Crippen LogP contribution in [-0.4, -0.2) is 12.8 Å². The summed E-state index contributed by atoms with van der Waals surface area (Å²) in [5.74, 6) is 0.0450. The number of thioether (sulfide) groups is 1. The van der Waals surface area contributed by atoms with Crippen LogP contribution < -0.4 is 4.90 Å². The van der Waals surface area contributed by atoms with E-state index >= 15 is 0 Å². The Bertz CT molecular complexity index is 694. The summed E-state index contributed by atoms with van der Waals surface area (Å²) in [5, 5.41) is 0.967. The molecule has 0 spiro atoms.